The molecule has 2 N–H and O–H groups in total. The van der Waals surface area contributed by atoms with Gasteiger partial charge in [-0.25, -0.2) is 0 Å². The number of ether oxygens (including phenoxy) is 2. The second-order valence-corrected chi connectivity index (χ2v) is 7.52. The van der Waals surface area contributed by atoms with Crippen LogP contribution < -0.4 is 20.3 Å². The molecule has 7 nitrogen and oxygen atoms in total. The van der Waals surface area contributed by atoms with E-state index in [1.165, 1.54) is 22.8 Å². The Morgan fingerprint density at radius 2 is 1.87 bits per heavy atom. The molecule has 0 atom stereocenters. The number of nitrogens with one attached hydrogen (secondary N) is 1. The molecule has 9 heteroatoms. The maximum atomic E-state index is 13.0. The van der Waals surface area contributed by atoms with Crippen LogP contribution in [0, 0.1) is 6.92 Å². The van der Waals surface area contributed by atoms with E-state index < -0.39 is 17.2 Å². The van der Waals surface area contributed by atoms with Gasteiger partial charge >= 0.3 is 0 Å². The fourth-order valence-corrected chi connectivity index (χ4v) is 3.45. The second-order valence-electron chi connectivity index (χ2n) is 6.71. The van der Waals surface area contributed by atoms with Crippen LogP contribution in [-0.2, 0) is 6.54 Å². The van der Waals surface area contributed by atoms with Crippen LogP contribution in [0.2, 0.25) is 10.0 Å². The minimum atomic E-state index is -0.754. The number of aromatic nitrogens is 1. The Kier molecular flexibility index (Phi) is 5.32. The highest BCUT2D eigenvalue weighted by Gasteiger charge is 2.21. The van der Waals surface area contributed by atoms with Crippen molar-refractivity contribution < 1.29 is 19.4 Å². The molecule has 0 bridgehead atoms. The first kappa shape index (κ1) is 20.1. The lowest BCUT2D eigenvalue weighted by atomic mass is 10.1. The van der Waals surface area contributed by atoms with Crippen molar-refractivity contribution in [3.8, 4) is 17.2 Å². The van der Waals surface area contributed by atoms with Gasteiger partial charge in [-0.05, 0) is 42.8 Å². The number of rotatable bonds is 4. The number of carbonyl (C=O) groups is 1. The van der Waals surface area contributed by atoms with Crippen molar-refractivity contribution in [3.05, 3.63) is 79.7 Å². The number of fused-ring (bicyclic) bond motifs is 1. The topological polar surface area (TPSA) is 89.8 Å². The number of carbonyl (C=O) groups excluding carboxylic acids is 1. The second kappa shape index (κ2) is 7.93. The molecule has 0 saturated carbocycles. The summed E-state index contributed by atoms with van der Waals surface area (Å²) in [7, 11) is 0. The molecule has 154 valence electrons. The van der Waals surface area contributed by atoms with Gasteiger partial charge in [0.2, 0.25) is 6.79 Å². The molecule has 30 heavy (non-hydrogen) atoms. The van der Waals surface area contributed by atoms with Crippen LogP contribution in [0.3, 0.4) is 0 Å². The van der Waals surface area contributed by atoms with Gasteiger partial charge in [0.15, 0.2) is 11.5 Å². The number of hydrogen-bond acceptors (Lipinski definition) is 5. The van der Waals surface area contributed by atoms with Gasteiger partial charge in [-0.3, -0.25) is 9.59 Å². The van der Waals surface area contributed by atoms with Gasteiger partial charge < -0.3 is 24.5 Å². The SMILES string of the molecule is Cc1cc(O)c(C(=O)Nc2ccc(Cl)c(Cl)c2)c(=O)n1Cc1ccc2c(c1)OCO2. The fraction of sp³-hybridized carbons (Fsp3) is 0.143. The summed E-state index contributed by atoms with van der Waals surface area (Å²) in [6, 6.07) is 11.2. The van der Waals surface area contributed by atoms with E-state index in [0.717, 1.165) is 5.56 Å². The number of aromatic hydroxyl groups is 1. The third kappa shape index (κ3) is 3.81. The number of pyridine rings is 1. The van der Waals surface area contributed by atoms with Crippen molar-refractivity contribution in [1.82, 2.24) is 4.57 Å². The summed E-state index contributed by atoms with van der Waals surface area (Å²) in [5.41, 5.74) is 0.637. The number of halogens is 2. The Morgan fingerprint density at radius 3 is 2.63 bits per heavy atom. The van der Waals surface area contributed by atoms with Crippen LogP contribution in [0.25, 0.3) is 0 Å². The summed E-state index contributed by atoms with van der Waals surface area (Å²) < 4.78 is 12.1. The Morgan fingerprint density at radius 1 is 1.10 bits per heavy atom. The van der Waals surface area contributed by atoms with E-state index in [4.69, 9.17) is 32.7 Å². The Labute approximate surface area is 181 Å². The van der Waals surface area contributed by atoms with E-state index in [1.807, 2.05) is 6.07 Å². The first-order valence-electron chi connectivity index (χ1n) is 8.92. The van der Waals surface area contributed by atoms with Crippen molar-refractivity contribution in [2.24, 2.45) is 0 Å². The van der Waals surface area contributed by atoms with Crippen molar-refractivity contribution in [3.63, 3.8) is 0 Å². The summed E-state index contributed by atoms with van der Waals surface area (Å²) >= 11 is 11.8. The smallest absolute Gasteiger partial charge is 0.267 e. The molecule has 1 amide bonds. The number of anilines is 1. The van der Waals surface area contributed by atoms with Gasteiger partial charge in [0.25, 0.3) is 11.5 Å². The maximum absolute atomic E-state index is 13.0. The molecule has 1 aromatic heterocycles. The predicted octanol–water partition coefficient (Wildman–Crippen LogP) is 4.20. The number of amides is 1. The van der Waals surface area contributed by atoms with E-state index >= 15 is 0 Å². The van der Waals surface area contributed by atoms with Crippen LogP contribution in [0.5, 0.6) is 17.2 Å². The van der Waals surface area contributed by atoms with Gasteiger partial charge in [-0.1, -0.05) is 29.3 Å². The molecule has 0 fully saturated rings. The zero-order valence-electron chi connectivity index (χ0n) is 15.7. The minimum Gasteiger partial charge on any atom is -0.507 e. The maximum Gasteiger partial charge on any atom is 0.267 e. The number of benzene rings is 2. The summed E-state index contributed by atoms with van der Waals surface area (Å²) in [4.78, 5) is 25.8. The lowest BCUT2D eigenvalue weighted by Gasteiger charge is -2.14. The fourth-order valence-electron chi connectivity index (χ4n) is 3.15. The molecule has 0 unspecified atom stereocenters. The standard InChI is InChI=1S/C21H16Cl2N2O5/c1-11-6-16(26)19(20(27)24-13-3-4-14(22)15(23)8-13)21(28)25(11)9-12-2-5-17-18(7-12)30-10-29-17/h2-8,26H,9-10H2,1H3,(H,24,27). The highest BCUT2D eigenvalue weighted by atomic mass is 35.5. The normalized spacial score (nSPS) is 12.1. The van der Waals surface area contributed by atoms with E-state index in [9.17, 15) is 14.7 Å². The van der Waals surface area contributed by atoms with Crippen molar-refractivity contribution in [2.45, 2.75) is 13.5 Å². The number of aryl methyl sites for hydroxylation is 1. The third-order valence-electron chi connectivity index (χ3n) is 4.67. The summed E-state index contributed by atoms with van der Waals surface area (Å²) in [6.07, 6.45) is 0. The lowest BCUT2D eigenvalue weighted by Crippen LogP contribution is -2.31. The van der Waals surface area contributed by atoms with Crippen LogP contribution in [0.4, 0.5) is 5.69 Å². The van der Waals surface area contributed by atoms with Crippen LogP contribution in [0.15, 0.2) is 47.3 Å². The number of nitrogens with zero attached hydrogens (tertiary/aromatic N) is 1. The monoisotopic (exact) mass is 446 g/mol. The summed E-state index contributed by atoms with van der Waals surface area (Å²) in [5.74, 6) is 0.0668. The molecule has 2 heterocycles. The van der Waals surface area contributed by atoms with E-state index in [0.29, 0.717) is 27.9 Å². The van der Waals surface area contributed by atoms with E-state index in [2.05, 4.69) is 5.32 Å². The van der Waals surface area contributed by atoms with Crippen molar-refractivity contribution in [1.29, 1.82) is 0 Å². The molecule has 2 aromatic carbocycles. The van der Waals surface area contributed by atoms with Crippen LogP contribution >= 0.6 is 23.2 Å². The summed E-state index contributed by atoms with van der Waals surface area (Å²) in [5, 5.41) is 13.4. The highest BCUT2D eigenvalue weighted by molar-refractivity contribution is 6.42. The Balaban J connectivity index is 1.66. The minimum absolute atomic E-state index is 0.149. The number of hydrogen-bond donors (Lipinski definition) is 2. The zero-order chi connectivity index (χ0) is 21.4. The van der Waals surface area contributed by atoms with Crippen LogP contribution in [-0.4, -0.2) is 22.4 Å². The Hall–Kier alpha value is -3.16. The largest absolute Gasteiger partial charge is 0.507 e. The Bertz CT molecular complexity index is 1220. The quantitative estimate of drug-likeness (QED) is 0.626. The first-order chi connectivity index (χ1) is 14.3. The highest BCUT2D eigenvalue weighted by Crippen LogP contribution is 2.33. The first-order valence-corrected chi connectivity index (χ1v) is 9.67. The molecule has 0 radical (unpaired) electrons. The van der Waals surface area contributed by atoms with E-state index in [-0.39, 0.29) is 23.9 Å². The molecule has 1 aliphatic rings. The van der Waals surface area contributed by atoms with Gasteiger partial charge in [0.1, 0.15) is 11.3 Å². The van der Waals surface area contributed by atoms with Crippen LogP contribution in [0.1, 0.15) is 21.6 Å². The zero-order valence-corrected chi connectivity index (χ0v) is 17.3. The summed E-state index contributed by atoms with van der Waals surface area (Å²) in [6.45, 7) is 2.01. The average Bonchev–Trinajstić information content (AvgIpc) is 3.15. The van der Waals surface area contributed by atoms with E-state index in [1.54, 1.807) is 25.1 Å². The van der Waals surface area contributed by atoms with Crippen molar-refractivity contribution >= 4 is 34.8 Å². The molecule has 1 aliphatic heterocycles. The molecule has 3 aromatic rings. The molecule has 0 saturated heterocycles. The van der Waals surface area contributed by atoms with Gasteiger partial charge in [0.05, 0.1) is 16.6 Å². The molecular weight excluding hydrogens is 431 g/mol. The predicted molar refractivity (Wildman–Crippen MR) is 113 cm³/mol. The van der Waals surface area contributed by atoms with Crippen molar-refractivity contribution in [2.75, 3.05) is 12.1 Å². The average molecular weight is 447 g/mol. The molecule has 0 aliphatic carbocycles. The molecule has 0 spiro atoms. The van der Waals surface area contributed by atoms with Gasteiger partial charge in [-0.15, -0.1) is 0 Å². The third-order valence-corrected chi connectivity index (χ3v) is 5.41. The lowest BCUT2D eigenvalue weighted by molar-refractivity contribution is 0.102. The molecular formula is C21H16Cl2N2O5. The molecule has 4 rings (SSSR count). The van der Waals surface area contributed by atoms with Gasteiger partial charge in [0, 0.05) is 17.4 Å². The van der Waals surface area contributed by atoms with Gasteiger partial charge in [-0.2, -0.15) is 0 Å².